The number of aromatic nitrogens is 6. The highest BCUT2D eigenvalue weighted by atomic mass is 16.5. The van der Waals surface area contributed by atoms with Crippen LogP contribution in [0.2, 0.25) is 0 Å². The van der Waals surface area contributed by atoms with E-state index in [-0.39, 0.29) is 0 Å². The minimum absolute atomic E-state index is 0.602. The van der Waals surface area contributed by atoms with E-state index in [0.717, 1.165) is 52.1 Å². The number of nitrogens with zero attached hydrogens (tertiary/aromatic N) is 4. The normalized spacial score (nSPS) is 11.1. The highest BCUT2D eigenvalue weighted by Crippen LogP contribution is 2.23. The van der Waals surface area contributed by atoms with Crippen LogP contribution in [0.15, 0.2) is 36.8 Å². The first-order valence-corrected chi connectivity index (χ1v) is 9.37. The lowest BCUT2D eigenvalue weighted by atomic mass is 10.1. The molecule has 0 saturated carbocycles. The number of aryl methyl sites for hydroxylation is 3. The number of anilines is 1. The molecule has 8 nitrogen and oxygen atoms in total. The fourth-order valence-corrected chi connectivity index (χ4v) is 3.15. The van der Waals surface area contributed by atoms with Gasteiger partial charge in [-0.3, -0.25) is 10.2 Å². The van der Waals surface area contributed by atoms with E-state index in [9.17, 15) is 0 Å². The summed E-state index contributed by atoms with van der Waals surface area (Å²) in [5.74, 6) is 0.697. The highest BCUT2D eigenvalue weighted by molar-refractivity contribution is 5.87. The standard InChI is InChI=1S/C20H23N7O/c1-3-28-20-14(5-4-8-21-20)6-7-16-9-17(19-18(25-16)12-24-27-19)22-10-15-11-23-26-13(15)2/h4-5,8-9,11-12H,3,6-7,10H2,1-2H3,(H,22,25)(H,23,26)(H,24,27). The lowest BCUT2D eigenvalue weighted by Gasteiger charge is -2.10. The predicted molar refractivity (Wildman–Crippen MR) is 107 cm³/mol. The van der Waals surface area contributed by atoms with Gasteiger partial charge >= 0.3 is 0 Å². The second-order valence-electron chi connectivity index (χ2n) is 6.53. The maximum Gasteiger partial charge on any atom is 0.216 e. The summed E-state index contributed by atoms with van der Waals surface area (Å²) in [5.41, 5.74) is 6.83. The van der Waals surface area contributed by atoms with E-state index < -0.39 is 0 Å². The molecule has 0 amide bonds. The van der Waals surface area contributed by atoms with E-state index in [1.807, 2.05) is 32.3 Å². The minimum Gasteiger partial charge on any atom is -0.478 e. The fraction of sp³-hybridized carbons (Fsp3) is 0.300. The third kappa shape index (κ3) is 3.80. The molecule has 0 bridgehead atoms. The Labute approximate surface area is 162 Å². The molecule has 4 aromatic heterocycles. The molecule has 0 aliphatic rings. The number of ether oxygens (including phenoxy) is 1. The van der Waals surface area contributed by atoms with Gasteiger partial charge in [0.1, 0.15) is 11.0 Å². The Bertz CT molecular complexity index is 1070. The summed E-state index contributed by atoms with van der Waals surface area (Å²) in [4.78, 5) is 9.06. The minimum atomic E-state index is 0.602. The summed E-state index contributed by atoms with van der Waals surface area (Å²) >= 11 is 0. The van der Waals surface area contributed by atoms with Gasteiger partial charge in [-0.15, -0.1) is 0 Å². The number of hydrogen-bond acceptors (Lipinski definition) is 6. The third-order valence-electron chi connectivity index (χ3n) is 4.64. The maximum atomic E-state index is 5.63. The molecule has 8 heteroatoms. The van der Waals surface area contributed by atoms with E-state index >= 15 is 0 Å². The molecule has 0 unspecified atom stereocenters. The van der Waals surface area contributed by atoms with Crippen LogP contribution in [0.1, 0.15) is 29.4 Å². The molecule has 4 heterocycles. The second kappa shape index (κ2) is 8.08. The predicted octanol–water partition coefficient (Wildman–Crippen LogP) is 3.18. The summed E-state index contributed by atoms with van der Waals surface area (Å²) in [7, 11) is 0. The van der Waals surface area contributed by atoms with Gasteiger partial charge < -0.3 is 10.1 Å². The second-order valence-corrected chi connectivity index (χ2v) is 6.53. The Morgan fingerprint density at radius 3 is 2.82 bits per heavy atom. The average molecular weight is 377 g/mol. The van der Waals surface area contributed by atoms with E-state index in [1.54, 1.807) is 6.20 Å². The Morgan fingerprint density at radius 2 is 2.00 bits per heavy atom. The van der Waals surface area contributed by atoms with Crippen molar-refractivity contribution >= 4 is 16.7 Å². The maximum absolute atomic E-state index is 5.63. The van der Waals surface area contributed by atoms with Gasteiger partial charge in [-0.2, -0.15) is 10.2 Å². The number of pyridine rings is 2. The summed E-state index contributed by atoms with van der Waals surface area (Å²) in [6, 6.07) is 6.05. The molecule has 0 aromatic carbocycles. The van der Waals surface area contributed by atoms with Crippen LogP contribution in [0.3, 0.4) is 0 Å². The first-order valence-electron chi connectivity index (χ1n) is 9.37. The van der Waals surface area contributed by atoms with Crippen molar-refractivity contribution in [3.8, 4) is 5.88 Å². The number of rotatable bonds is 8. The SMILES string of the molecule is CCOc1ncccc1CCc1cc(NCc2c[nH]nc2C)c2n[nH]cc2n1. The molecule has 0 spiro atoms. The van der Waals surface area contributed by atoms with Crippen LogP contribution in [-0.4, -0.2) is 37.0 Å². The first kappa shape index (κ1) is 18.0. The lowest BCUT2D eigenvalue weighted by molar-refractivity contribution is 0.323. The highest BCUT2D eigenvalue weighted by Gasteiger charge is 2.11. The lowest BCUT2D eigenvalue weighted by Crippen LogP contribution is -2.04. The van der Waals surface area contributed by atoms with Crippen molar-refractivity contribution < 1.29 is 4.74 Å². The van der Waals surface area contributed by atoms with Crippen molar-refractivity contribution in [3.05, 3.63) is 59.3 Å². The monoisotopic (exact) mass is 377 g/mol. The largest absolute Gasteiger partial charge is 0.478 e. The van der Waals surface area contributed by atoms with Gasteiger partial charge in [-0.1, -0.05) is 6.07 Å². The van der Waals surface area contributed by atoms with Crippen LogP contribution < -0.4 is 10.1 Å². The van der Waals surface area contributed by atoms with Gasteiger partial charge in [0, 0.05) is 42.0 Å². The molecule has 4 rings (SSSR count). The number of fused-ring (bicyclic) bond motifs is 1. The van der Waals surface area contributed by atoms with Gasteiger partial charge in [-0.25, -0.2) is 9.97 Å². The molecule has 0 atom stereocenters. The van der Waals surface area contributed by atoms with Crippen molar-refractivity contribution in [3.63, 3.8) is 0 Å². The Hall–Kier alpha value is -3.42. The molecule has 144 valence electrons. The number of hydrogen-bond donors (Lipinski definition) is 3. The van der Waals surface area contributed by atoms with Crippen molar-refractivity contribution in [2.45, 2.75) is 33.2 Å². The fourth-order valence-electron chi connectivity index (χ4n) is 3.15. The van der Waals surface area contributed by atoms with E-state index in [4.69, 9.17) is 9.72 Å². The molecule has 0 aliphatic heterocycles. The van der Waals surface area contributed by atoms with Gasteiger partial charge in [-0.05, 0) is 38.8 Å². The van der Waals surface area contributed by atoms with Gasteiger partial charge in [0.25, 0.3) is 0 Å². The third-order valence-corrected chi connectivity index (χ3v) is 4.64. The van der Waals surface area contributed by atoms with E-state index in [1.165, 1.54) is 0 Å². The quantitative estimate of drug-likeness (QED) is 0.436. The van der Waals surface area contributed by atoms with Crippen molar-refractivity contribution in [2.75, 3.05) is 11.9 Å². The average Bonchev–Trinajstić information content (AvgIpc) is 3.34. The summed E-state index contributed by atoms with van der Waals surface area (Å²) in [6.45, 7) is 5.22. The van der Waals surface area contributed by atoms with Crippen LogP contribution >= 0.6 is 0 Å². The van der Waals surface area contributed by atoms with Crippen LogP contribution in [0.5, 0.6) is 5.88 Å². The van der Waals surface area contributed by atoms with Gasteiger partial charge in [0.15, 0.2) is 0 Å². The van der Waals surface area contributed by atoms with E-state index in [0.29, 0.717) is 19.0 Å². The number of aromatic amines is 2. The zero-order valence-electron chi connectivity index (χ0n) is 16.0. The van der Waals surface area contributed by atoms with Crippen molar-refractivity contribution in [1.82, 2.24) is 30.4 Å². The Morgan fingerprint density at radius 1 is 1.11 bits per heavy atom. The molecule has 0 fully saturated rings. The molecular formula is C20H23N7O. The van der Waals surface area contributed by atoms with Crippen molar-refractivity contribution in [1.29, 1.82) is 0 Å². The number of H-pyrrole nitrogens is 2. The Balaban J connectivity index is 1.54. The Kier molecular flexibility index (Phi) is 5.18. The van der Waals surface area contributed by atoms with Crippen LogP contribution in [-0.2, 0) is 19.4 Å². The molecule has 4 aromatic rings. The topological polar surface area (TPSA) is 104 Å². The summed E-state index contributed by atoms with van der Waals surface area (Å²) in [5, 5.41) is 17.8. The van der Waals surface area contributed by atoms with Crippen LogP contribution in [0, 0.1) is 6.92 Å². The zero-order chi connectivity index (χ0) is 19.3. The van der Waals surface area contributed by atoms with Gasteiger partial charge in [0.05, 0.1) is 18.0 Å². The van der Waals surface area contributed by atoms with Gasteiger partial charge in [0.2, 0.25) is 5.88 Å². The zero-order valence-corrected chi connectivity index (χ0v) is 16.0. The molecule has 0 aliphatic carbocycles. The van der Waals surface area contributed by atoms with E-state index in [2.05, 4.69) is 42.8 Å². The molecule has 3 N–H and O–H groups in total. The van der Waals surface area contributed by atoms with Crippen LogP contribution in [0.25, 0.3) is 11.0 Å². The van der Waals surface area contributed by atoms with Crippen LogP contribution in [0.4, 0.5) is 5.69 Å². The molecule has 28 heavy (non-hydrogen) atoms. The molecule has 0 saturated heterocycles. The van der Waals surface area contributed by atoms with Crippen molar-refractivity contribution in [2.24, 2.45) is 0 Å². The smallest absolute Gasteiger partial charge is 0.216 e. The first-order chi connectivity index (χ1) is 13.7. The number of nitrogens with one attached hydrogen (secondary N) is 3. The molecular weight excluding hydrogens is 354 g/mol. The molecule has 0 radical (unpaired) electrons. The summed E-state index contributed by atoms with van der Waals surface area (Å²) < 4.78 is 5.63. The summed E-state index contributed by atoms with van der Waals surface area (Å²) in [6.07, 6.45) is 7.07.